The minimum absolute atomic E-state index is 0. The van der Waals surface area contributed by atoms with Crippen LogP contribution in [0.25, 0.3) is 0 Å². The smallest absolute Gasteiger partial charge is 0.847 e. The van der Waals surface area contributed by atoms with E-state index in [0.717, 1.165) is 0 Å². The van der Waals surface area contributed by atoms with Crippen molar-refractivity contribution in [3.8, 4) is 0 Å². The molecule has 0 rings (SSSR count). The van der Waals surface area contributed by atoms with E-state index in [0.29, 0.717) is 0 Å². The second-order valence-corrected chi connectivity index (χ2v) is 6.76. The van der Waals surface area contributed by atoms with E-state index in [2.05, 4.69) is 45.3 Å². The number of carbonyl (C=O) groups is 4. The minimum Gasteiger partial charge on any atom is -0.847 e. The van der Waals surface area contributed by atoms with Gasteiger partial charge in [-0.05, 0) is 27.7 Å². The molecule has 0 saturated carbocycles. The fraction of sp³-hybridized carbons (Fsp3) is 0.455. The molecule has 11 heteroatoms. The van der Waals surface area contributed by atoms with Crippen molar-refractivity contribution >= 4 is 46.9 Å². The van der Waals surface area contributed by atoms with Crippen LogP contribution in [0.3, 0.4) is 0 Å². The van der Waals surface area contributed by atoms with Gasteiger partial charge >= 0.3 is 46.9 Å². The normalized spacial score (nSPS) is 9.45. The van der Waals surface area contributed by atoms with Gasteiger partial charge in [0.05, 0.1) is 26.4 Å². The van der Waals surface area contributed by atoms with Gasteiger partial charge in [0, 0.05) is 22.3 Å². The summed E-state index contributed by atoms with van der Waals surface area (Å²) < 4.78 is 18.4. The van der Waals surface area contributed by atoms with Gasteiger partial charge in [-0.25, -0.2) is 19.2 Å². The molecular weight excluding hydrogens is 449 g/mol. The predicted molar refractivity (Wildman–Crippen MR) is 116 cm³/mol. The summed E-state index contributed by atoms with van der Waals surface area (Å²) in [6, 6.07) is 0. The molecule has 180 valence electrons. The summed E-state index contributed by atoms with van der Waals surface area (Å²) in [5.41, 5.74) is 0.856. The minimum atomic E-state index is -1.30. The molecule has 0 aliphatic rings. The molecule has 0 aliphatic carbocycles. The van der Waals surface area contributed by atoms with Crippen LogP contribution in [-0.4, -0.2) is 85.6 Å². The average molecular weight is 479 g/mol. The van der Waals surface area contributed by atoms with Crippen molar-refractivity contribution in [1.82, 2.24) is 0 Å². The summed E-state index contributed by atoms with van der Waals surface area (Å²) in [6.07, 6.45) is -2.60. The quantitative estimate of drug-likeness (QED) is 0.156. The van der Waals surface area contributed by atoms with Gasteiger partial charge in [0.25, 0.3) is 0 Å². The van der Waals surface area contributed by atoms with Crippen LogP contribution in [0, 0.1) is 0 Å². The second-order valence-electron chi connectivity index (χ2n) is 6.76. The first-order valence-corrected chi connectivity index (χ1v) is 9.31. The molecule has 0 amide bonds. The van der Waals surface area contributed by atoms with E-state index < -0.39 is 36.1 Å². The van der Waals surface area contributed by atoms with Gasteiger partial charge in [-0.3, -0.25) is 0 Å². The standard InChI is InChI=1S/2C11H15O5.Mg/c2*1-7(2)10(13)15-5-9(12)6-16-11(14)8(3)4;/h2*9H,1,3,5-6H2,2,4H3;/q2*-1;+2. The Balaban J connectivity index is -0.000000529. The third-order valence-corrected chi connectivity index (χ3v) is 3.00. The number of ether oxygens (including phenoxy) is 4. The Morgan fingerprint density at radius 1 is 0.545 bits per heavy atom. The zero-order chi connectivity index (χ0) is 25.4. The van der Waals surface area contributed by atoms with Gasteiger partial charge in [0.1, 0.15) is 0 Å². The molecule has 0 heterocycles. The van der Waals surface area contributed by atoms with E-state index >= 15 is 0 Å². The number of hydrogen-bond acceptors (Lipinski definition) is 10. The second kappa shape index (κ2) is 19.0. The topological polar surface area (TPSA) is 151 Å². The van der Waals surface area contributed by atoms with Crippen molar-refractivity contribution in [3.05, 3.63) is 48.6 Å². The fourth-order valence-electron chi connectivity index (χ4n) is 1.26. The van der Waals surface area contributed by atoms with Gasteiger partial charge in [-0.2, -0.15) is 0 Å². The first-order valence-electron chi connectivity index (χ1n) is 9.31. The number of esters is 4. The first kappa shape index (κ1) is 35.1. The Labute approximate surface area is 210 Å². The van der Waals surface area contributed by atoms with Crippen LogP contribution in [0.15, 0.2) is 48.6 Å². The molecule has 0 unspecified atom stereocenters. The Morgan fingerprint density at radius 3 is 0.818 bits per heavy atom. The van der Waals surface area contributed by atoms with Gasteiger partial charge < -0.3 is 29.2 Å². The molecule has 0 aromatic carbocycles. The molecule has 0 N–H and O–H groups in total. The zero-order valence-electron chi connectivity index (χ0n) is 19.6. The van der Waals surface area contributed by atoms with Crippen molar-refractivity contribution in [3.63, 3.8) is 0 Å². The van der Waals surface area contributed by atoms with Crippen molar-refractivity contribution in [1.29, 1.82) is 0 Å². The largest absolute Gasteiger partial charge is 2.00 e. The molecule has 0 spiro atoms. The molecule has 10 nitrogen and oxygen atoms in total. The summed E-state index contributed by atoms with van der Waals surface area (Å²) in [5.74, 6) is -2.53. The zero-order valence-corrected chi connectivity index (χ0v) is 21.0. The van der Waals surface area contributed by atoms with Crippen LogP contribution in [0.4, 0.5) is 0 Å². The molecule has 0 aliphatic heterocycles. The summed E-state index contributed by atoms with van der Waals surface area (Å²) in [5, 5.41) is 22.3. The van der Waals surface area contributed by atoms with Crippen molar-refractivity contribution in [2.24, 2.45) is 0 Å². The Kier molecular flexibility index (Phi) is 20.3. The van der Waals surface area contributed by atoms with Gasteiger partial charge in [-0.15, -0.1) is 0 Å². The van der Waals surface area contributed by atoms with E-state index in [9.17, 15) is 29.4 Å². The van der Waals surface area contributed by atoms with Crippen LogP contribution >= 0.6 is 0 Å². The van der Waals surface area contributed by atoms with Gasteiger partial charge in [-0.1, -0.05) is 38.5 Å². The van der Waals surface area contributed by atoms with E-state index in [1.54, 1.807) is 0 Å². The maximum Gasteiger partial charge on any atom is 2.00 e. The van der Waals surface area contributed by atoms with Crippen LogP contribution in [0.2, 0.25) is 0 Å². The third kappa shape index (κ3) is 19.9. The predicted octanol–water partition coefficient (Wildman–Crippen LogP) is -0.473. The van der Waals surface area contributed by atoms with E-state index in [1.165, 1.54) is 27.7 Å². The molecule has 0 radical (unpaired) electrons. The van der Waals surface area contributed by atoms with Crippen LogP contribution < -0.4 is 10.2 Å². The monoisotopic (exact) mass is 478 g/mol. The van der Waals surface area contributed by atoms with E-state index in [1.807, 2.05) is 0 Å². The molecule has 0 atom stereocenters. The summed E-state index contributed by atoms with van der Waals surface area (Å²) >= 11 is 0. The van der Waals surface area contributed by atoms with Crippen LogP contribution in [-0.2, 0) is 38.1 Å². The van der Waals surface area contributed by atoms with E-state index in [-0.39, 0.29) is 71.8 Å². The Bertz CT molecular complexity index is 619. The molecule has 0 aromatic rings. The molecule has 0 fully saturated rings. The van der Waals surface area contributed by atoms with Crippen LogP contribution in [0.1, 0.15) is 27.7 Å². The van der Waals surface area contributed by atoms with Crippen LogP contribution in [0.5, 0.6) is 0 Å². The molecule has 0 saturated heterocycles. The molecular formula is C22H30MgO10. The first-order chi connectivity index (χ1) is 14.7. The molecule has 0 aromatic heterocycles. The van der Waals surface area contributed by atoms with Crippen molar-refractivity contribution in [2.45, 2.75) is 39.9 Å². The number of hydrogen-bond donors (Lipinski definition) is 0. The maximum absolute atomic E-state index is 11.2. The average Bonchev–Trinajstić information content (AvgIpc) is 2.71. The number of rotatable bonds is 12. The summed E-state index contributed by atoms with van der Waals surface area (Å²) in [4.78, 5) is 43.6. The maximum atomic E-state index is 11.2. The summed E-state index contributed by atoms with van der Waals surface area (Å²) in [7, 11) is 0. The Morgan fingerprint density at radius 2 is 0.697 bits per heavy atom. The summed E-state index contributed by atoms with van der Waals surface area (Å²) in [6.45, 7) is 17.9. The number of carbonyl (C=O) groups excluding carboxylic acids is 4. The van der Waals surface area contributed by atoms with Gasteiger partial charge in [0.15, 0.2) is 0 Å². The van der Waals surface area contributed by atoms with Gasteiger partial charge in [0.2, 0.25) is 0 Å². The molecule has 33 heavy (non-hydrogen) atoms. The molecule has 0 bridgehead atoms. The van der Waals surface area contributed by atoms with Crippen molar-refractivity contribution < 1.29 is 48.3 Å². The van der Waals surface area contributed by atoms with Crippen molar-refractivity contribution in [2.75, 3.05) is 26.4 Å². The third-order valence-electron chi connectivity index (χ3n) is 3.00. The fourth-order valence-corrected chi connectivity index (χ4v) is 1.26. The van der Waals surface area contributed by atoms with E-state index in [4.69, 9.17) is 0 Å². The SMILES string of the molecule is C=C(C)C(=O)OCC([O-])COC(=O)C(=C)C.C=C(C)C(=O)OCC([O-])COC(=O)C(=C)C.[Mg+2]. The Hall–Kier alpha value is -2.47.